The van der Waals surface area contributed by atoms with Crippen LogP contribution in [0.15, 0.2) is 48.5 Å². The third kappa shape index (κ3) is 9.82. The summed E-state index contributed by atoms with van der Waals surface area (Å²) in [6.45, 7) is 4.37. The zero-order chi connectivity index (χ0) is 23.8. The van der Waals surface area contributed by atoms with Gasteiger partial charge in [0.15, 0.2) is 0 Å². The molecule has 1 fully saturated rings. The molecule has 0 aliphatic heterocycles. The summed E-state index contributed by atoms with van der Waals surface area (Å²) in [5.74, 6) is 14.8. The molecule has 0 saturated heterocycles. The number of benzene rings is 2. The van der Waals surface area contributed by atoms with Crippen molar-refractivity contribution in [3.8, 4) is 23.7 Å². The highest BCUT2D eigenvalue weighted by Gasteiger charge is 2.20. The Hall–Kier alpha value is -2.44. The summed E-state index contributed by atoms with van der Waals surface area (Å²) in [4.78, 5) is 0. The molecule has 0 unspecified atom stereocenters. The molecular weight excluding hydrogens is 408 g/mol. The number of rotatable bonds is 10. The van der Waals surface area contributed by atoms with Gasteiger partial charge in [-0.1, -0.05) is 120 Å². The maximum absolute atomic E-state index is 3.31. The first-order valence-corrected chi connectivity index (χ1v) is 14.0. The van der Waals surface area contributed by atoms with Crippen molar-refractivity contribution in [1.29, 1.82) is 0 Å². The Kier molecular flexibility index (Phi) is 11.9. The van der Waals surface area contributed by atoms with Gasteiger partial charge < -0.3 is 0 Å². The molecule has 1 aliphatic rings. The predicted octanol–water partition coefficient (Wildman–Crippen LogP) is 9.34. The lowest BCUT2D eigenvalue weighted by Crippen LogP contribution is -2.15. The van der Waals surface area contributed by atoms with Crippen LogP contribution in [0.2, 0.25) is 0 Å². The zero-order valence-electron chi connectivity index (χ0n) is 21.7. The minimum atomic E-state index is 0.887. The molecule has 34 heavy (non-hydrogen) atoms. The van der Waals surface area contributed by atoms with E-state index in [0.717, 1.165) is 34.9 Å². The van der Waals surface area contributed by atoms with Crippen LogP contribution in [0.5, 0.6) is 0 Å². The number of hydrogen-bond donors (Lipinski definition) is 0. The zero-order valence-corrected chi connectivity index (χ0v) is 21.7. The number of hydrogen-bond acceptors (Lipinski definition) is 0. The molecule has 2 aromatic rings. The summed E-state index contributed by atoms with van der Waals surface area (Å²) < 4.78 is 0. The van der Waals surface area contributed by atoms with Gasteiger partial charge in [-0.05, 0) is 66.6 Å². The number of unbranched alkanes of at least 4 members (excludes halogenated alkanes) is 5. The molecule has 180 valence electrons. The fourth-order valence-electron chi connectivity index (χ4n) is 5.12. The normalized spacial score (nSPS) is 17.4. The Balaban J connectivity index is 1.35. The maximum Gasteiger partial charge on any atom is 0.0249 e. The average Bonchev–Trinajstić information content (AvgIpc) is 2.89. The maximum atomic E-state index is 3.31. The summed E-state index contributed by atoms with van der Waals surface area (Å²) in [7, 11) is 0. The molecule has 0 nitrogen and oxygen atoms in total. The second kappa shape index (κ2) is 15.5. The number of aryl methyl sites for hydroxylation is 1. The molecule has 0 radical (unpaired) electrons. The van der Waals surface area contributed by atoms with Crippen LogP contribution in [-0.4, -0.2) is 0 Å². The highest BCUT2D eigenvalue weighted by molar-refractivity contribution is 5.46. The minimum absolute atomic E-state index is 0.887. The largest absolute Gasteiger partial charge is 0.0982 e. The Bertz CT molecular complexity index is 932. The summed E-state index contributed by atoms with van der Waals surface area (Å²) >= 11 is 0. The fraction of sp³-hybridized carbons (Fsp3) is 0.529. The van der Waals surface area contributed by atoms with Crippen LogP contribution in [0.4, 0.5) is 0 Å². The van der Waals surface area contributed by atoms with E-state index < -0.39 is 0 Å². The van der Waals surface area contributed by atoms with E-state index in [-0.39, 0.29) is 0 Å². The van der Waals surface area contributed by atoms with E-state index in [9.17, 15) is 0 Å². The molecule has 3 rings (SSSR count). The van der Waals surface area contributed by atoms with Gasteiger partial charge in [0.05, 0.1) is 0 Å². The van der Waals surface area contributed by atoms with Crippen molar-refractivity contribution >= 4 is 0 Å². The van der Waals surface area contributed by atoms with E-state index in [1.807, 2.05) is 0 Å². The van der Waals surface area contributed by atoms with E-state index in [2.05, 4.69) is 86.1 Å². The fourth-order valence-corrected chi connectivity index (χ4v) is 5.12. The Morgan fingerprint density at radius 3 is 1.68 bits per heavy atom. The van der Waals surface area contributed by atoms with Gasteiger partial charge in [-0.3, -0.25) is 0 Å². The van der Waals surface area contributed by atoms with E-state index in [1.165, 1.54) is 89.0 Å². The van der Waals surface area contributed by atoms with Gasteiger partial charge in [0.25, 0.3) is 0 Å². The molecule has 0 atom stereocenters. The molecule has 0 N–H and O–H groups in total. The third-order valence-electron chi connectivity index (χ3n) is 7.37. The topological polar surface area (TPSA) is 0 Å². The summed E-state index contributed by atoms with van der Waals surface area (Å²) in [5, 5.41) is 0. The molecule has 2 aromatic carbocycles. The van der Waals surface area contributed by atoms with Crippen LogP contribution in [0.25, 0.3) is 0 Å². The van der Waals surface area contributed by atoms with Crippen molar-refractivity contribution in [1.82, 2.24) is 0 Å². The van der Waals surface area contributed by atoms with Gasteiger partial charge in [-0.2, -0.15) is 0 Å². The van der Waals surface area contributed by atoms with Crippen molar-refractivity contribution in [2.45, 2.75) is 104 Å². The molecule has 0 amide bonds. The van der Waals surface area contributed by atoms with E-state index in [0.29, 0.717) is 0 Å². The van der Waals surface area contributed by atoms with Crippen LogP contribution < -0.4 is 0 Å². The molecule has 0 bridgehead atoms. The van der Waals surface area contributed by atoms with Crippen LogP contribution in [-0.2, 0) is 6.42 Å². The highest BCUT2D eigenvalue weighted by Crippen LogP contribution is 2.34. The Labute approximate surface area is 210 Å². The molecule has 0 aromatic heterocycles. The van der Waals surface area contributed by atoms with Gasteiger partial charge in [0.2, 0.25) is 0 Å². The highest BCUT2D eigenvalue weighted by atomic mass is 14.3. The molecule has 1 aliphatic carbocycles. The first-order chi connectivity index (χ1) is 16.8. The van der Waals surface area contributed by atoms with Crippen molar-refractivity contribution in [3.63, 3.8) is 0 Å². The van der Waals surface area contributed by atoms with Crippen LogP contribution in [0.1, 0.15) is 120 Å². The lowest BCUT2D eigenvalue weighted by atomic mass is 9.77. The van der Waals surface area contributed by atoms with Gasteiger partial charge in [0, 0.05) is 23.1 Å². The molecular formula is C34H44. The van der Waals surface area contributed by atoms with Crippen molar-refractivity contribution in [2.24, 2.45) is 11.8 Å². The van der Waals surface area contributed by atoms with Crippen molar-refractivity contribution in [3.05, 3.63) is 70.8 Å². The van der Waals surface area contributed by atoms with Gasteiger partial charge in [-0.15, -0.1) is 0 Å². The Morgan fingerprint density at radius 2 is 1.09 bits per heavy atom. The quantitative estimate of drug-likeness (QED) is 0.249. The minimum Gasteiger partial charge on any atom is -0.0982 e. The second-order valence-electron chi connectivity index (χ2n) is 10.2. The average molecular weight is 453 g/mol. The first-order valence-electron chi connectivity index (χ1n) is 14.0. The van der Waals surface area contributed by atoms with E-state index in [4.69, 9.17) is 0 Å². The molecule has 1 saturated carbocycles. The third-order valence-corrected chi connectivity index (χ3v) is 7.37. The second-order valence-corrected chi connectivity index (χ2v) is 10.2. The van der Waals surface area contributed by atoms with Gasteiger partial charge in [-0.25, -0.2) is 0 Å². The standard InChI is InChI=1S/C34H44/c1-3-5-7-8-9-10-12-30-15-19-32(20-16-30)22-24-34-27-25-33(26-28-34)23-21-31-17-13-29(14-18-31)11-6-4-2/h13-14,17-18,25-28,30,32H,3-5,7-10,12,15-16,19-20,22,24H2,1-2H3/t30-,32-. The summed E-state index contributed by atoms with van der Waals surface area (Å²) in [5.41, 5.74) is 4.65. The van der Waals surface area contributed by atoms with Crippen LogP contribution >= 0.6 is 0 Å². The van der Waals surface area contributed by atoms with Crippen LogP contribution in [0, 0.1) is 35.5 Å². The van der Waals surface area contributed by atoms with Crippen molar-refractivity contribution < 1.29 is 0 Å². The van der Waals surface area contributed by atoms with Crippen LogP contribution in [0.3, 0.4) is 0 Å². The Morgan fingerprint density at radius 1 is 0.588 bits per heavy atom. The lowest BCUT2D eigenvalue weighted by molar-refractivity contribution is 0.248. The van der Waals surface area contributed by atoms with Gasteiger partial charge >= 0.3 is 0 Å². The van der Waals surface area contributed by atoms with E-state index >= 15 is 0 Å². The SMILES string of the molecule is CCC#Cc1ccc(C#Cc2ccc(CC[C@H]3CC[C@H](CCCCCCCC)CC3)cc2)cc1. The predicted molar refractivity (Wildman–Crippen MR) is 148 cm³/mol. The van der Waals surface area contributed by atoms with E-state index in [1.54, 1.807) is 0 Å². The molecule has 0 heterocycles. The molecule has 0 heteroatoms. The lowest BCUT2D eigenvalue weighted by Gasteiger charge is -2.28. The molecule has 0 spiro atoms. The first kappa shape index (κ1) is 26.2. The smallest absolute Gasteiger partial charge is 0.0249 e. The summed E-state index contributed by atoms with van der Waals surface area (Å²) in [6.07, 6.45) is 19.4. The van der Waals surface area contributed by atoms with Gasteiger partial charge in [0.1, 0.15) is 0 Å². The summed E-state index contributed by atoms with van der Waals surface area (Å²) in [6, 6.07) is 17.1. The van der Waals surface area contributed by atoms with Crippen molar-refractivity contribution in [2.75, 3.05) is 0 Å². The monoisotopic (exact) mass is 452 g/mol.